The Kier molecular flexibility index (Phi) is 4.48. The molecule has 0 bridgehead atoms. The maximum atomic E-state index is 13.7. The zero-order valence-electron chi connectivity index (χ0n) is 14.6. The number of hydrogen-bond donors (Lipinski definition) is 1. The molecule has 2 aromatic carbocycles. The minimum Gasteiger partial charge on any atom is -0.455 e. The second-order valence-corrected chi connectivity index (χ2v) is 7.78. The Morgan fingerprint density at radius 2 is 1.62 bits per heavy atom. The Morgan fingerprint density at radius 3 is 2.24 bits per heavy atom. The molecule has 0 saturated heterocycles. The van der Waals surface area contributed by atoms with E-state index in [4.69, 9.17) is 9.56 Å². The molecule has 0 aliphatic heterocycles. The first kappa shape index (κ1) is 18.9. The molecule has 0 saturated carbocycles. The van der Waals surface area contributed by atoms with Gasteiger partial charge in [-0.05, 0) is 54.6 Å². The van der Waals surface area contributed by atoms with Crippen molar-refractivity contribution in [1.29, 1.82) is 0 Å². The van der Waals surface area contributed by atoms with E-state index in [1.165, 1.54) is 36.4 Å². The first-order chi connectivity index (χ1) is 13.7. The molecular weight excluding hydrogens is 402 g/mol. The largest absolute Gasteiger partial charge is 0.455 e. The highest BCUT2D eigenvalue weighted by molar-refractivity contribution is 7.89. The first-order valence-electron chi connectivity index (χ1n) is 8.25. The van der Waals surface area contributed by atoms with Gasteiger partial charge in [-0.25, -0.2) is 22.9 Å². The second-order valence-electron chi connectivity index (χ2n) is 6.21. The molecule has 0 amide bonds. The van der Waals surface area contributed by atoms with Gasteiger partial charge in [0.2, 0.25) is 21.4 Å². The highest BCUT2D eigenvalue weighted by Gasteiger charge is 2.19. The standard InChI is InChI=1S/C20H12F2N2O4S/c21-13-4-7-16-15(9-13)19(25)18(12-3-8-17(22)24-10-12)20(28-16)11-1-5-14(6-2-11)29(23,26)27/h1-10H,(H2,23,26,27). The molecule has 0 aliphatic rings. The van der Waals surface area contributed by atoms with Gasteiger partial charge < -0.3 is 4.42 Å². The van der Waals surface area contributed by atoms with Gasteiger partial charge in [0.15, 0.2) is 0 Å². The monoisotopic (exact) mass is 414 g/mol. The Hall–Kier alpha value is -3.43. The van der Waals surface area contributed by atoms with Gasteiger partial charge in [0.25, 0.3) is 0 Å². The molecule has 0 atom stereocenters. The van der Waals surface area contributed by atoms with Gasteiger partial charge in [-0.15, -0.1) is 0 Å². The summed E-state index contributed by atoms with van der Waals surface area (Å²) in [6, 6.07) is 11.3. The van der Waals surface area contributed by atoms with Crippen LogP contribution in [0.2, 0.25) is 0 Å². The molecule has 0 fully saturated rings. The van der Waals surface area contributed by atoms with Gasteiger partial charge in [0.05, 0.1) is 15.8 Å². The Labute approximate surface area is 163 Å². The SMILES string of the molecule is NS(=O)(=O)c1ccc(-c2oc3ccc(F)cc3c(=O)c2-c2ccc(F)nc2)cc1. The fourth-order valence-electron chi connectivity index (χ4n) is 2.95. The van der Waals surface area contributed by atoms with Crippen molar-refractivity contribution < 1.29 is 21.6 Å². The Bertz CT molecular complexity index is 1400. The maximum Gasteiger partial charge on any atom is 0.238 e. The minimum atomic E-state index is -3.90. The topological polar surface area (TPSA) is 103 Å². The molecule has 2 aromatic heterocycles. The van der Waals surface area contributed by atoms with Crippen LogP contribution in [0, 0.1) is 11.8 Å². The van der Waals surface area contributed by atoms with Crippen LogP contribution in [-0.2, 0) is 10.0 Å². The number of nitrogens with zero attached hydrogens (tertiary/aromatic N) is 1. The van der Waals surface area contributed by atoms with E-state index in [1.54, 1.807) is 0 Å². The third-order valence-electron chi connectivity index (χ3n) is 4.31. The Balaban J connectivity index is 2.04. The van der Waals surface area contributed by atoms with E-state index in [9.17, 15) is 22.0 Å². The van der Waals surface area contributed by atoms with Gasteiger partial charge in [0, 0.05) is 17.3 Å². The van der Waals surface area contributed by atoms with Crippen LogP contribution in [0.5, 0.6) is 0 Å². The molecule has 0 aliphatic carbocycles. The van der Waals surface area contributed by atoms with Crippen LogP contribution in [0.1, 0.15) is 0 Å². The maximum absolute atomic E-state index is 13.7. The van der Waals surface area contributed by atoms with Gasteiger partial charge in [-0.3, -0.25) is 4.79 Å². The summed E-state index contributed by atoms with van der Waals surface area (Å²) in [5.41, 5.74) is 0.279. The van der Waals surface area contributed by atoms with Crippen LogP contribution in [0.25, 0.3) is 33.4 Å². The molecule has 0 spiro atoms. The summed E-state index contributed by atoms with van der Waals surface area (Å²) in [5.74, 6) is -1.24. The molecule has 0 unspecified atom stereocenters. The van der Waals surface area contributed by atoms with Crippen molar-refractivity contribution >= 4 is 21.0 Å². The lowest BCUT2D eigenvalue weighted by Crippen LogP contribution is -2.12. The number of sulfonamides is 1. The molecule has 4 aromatic rings. The van der Waals surface area contributed by atoms with Crippen LogP contribution in [-0.4, -0.2) is 13.4 Å². The van der Waals surface area contributed by atoms with Crippen LogP contribution in [0.4, 0.5) is 8.78 Å². The van der Waals surface area contributed by atoms with Crippen molar-refractivity contribution in [1.82, 2.24) is 4.98 Å². The lowest BCUT2D eigenvalue weighted by molar-refractivity contribution is 0.584. The first-order valence-corrected chi connectivity index (χ1v) is 9.80. The van der Waals surface area contributed by atoms with Crippen LogP contribution in [0.3, 0.4) is 0 Å². The fraction of sp³-hybridized carbons (Fsp3) is 0. The summed E-state index contributed by atoms with van der Waals surface area (Å²) in [7, 11) is -3.90. The third-order valence-corrected chi connectivity index (χ3v) is 5.24. The molecule has 146 valence electrons. The number of halogens is 2. The average Bonchev–Trinajstić information content (AvgIpc) is 2.69. The predicted molar refractivity (Wildman–Crippen MR) is 102 cm³/mol. The molecular formula is C20H12F2N2O4S. The number of rotatable bonds is 3. The van der Waals surface area contributed by atoms with Crippen LogP contribution >= 0.6 is 0 Å². The van der Waals surface area contributed by atoms with E-state index >= 15 is 0 Å². The van der Waals surface area contributed by atoms with E-state index in [2.05, 4.69) is 4.98 Å². The number of primary sulfonamides is 1. The van der Waals surface area contributed by atoms with E-state index in [0.29, 0.717) is 5.56 Å². The number of nitrogens with two attached hydrogens (primary N) is 1. The van der Waals surface area contributed by atoms with E-state index in [-0.39, 0.29) is 32.8 Å². The highest BCUT2D eigenvalue weighted by atomic mass is 32.2. The molecule has 4 rings (SSSR count). The Morgan fingerprint density at radius 1 is 0.931 bits per heavy atom. The van der Waals surface area contributed by atoms with Crippen molar-refractivity contribution in [3.63, 3.8) is 0 Å². The number of pyridine rings is 1. The quantitative estimate of drug-likeness (QED) is 0.517. The summed E-state index contributed by atoms with van der Waals surface area (Å²) >= 11 is 0. The van der Waals surface area contributed by atoms with Crippen molar-refractivity contribution in [2.75, 3.05) is 0 Å². The molecule has 0 radical (unpaired) electrons. The van der Waals surface area contributed by atoms with Crippen molar-refractivity contribution in [2.45, 2.75) is 4.90 Å². The smallest absolute Gasteiger partial charge is 0.238 e. The zero-order valence-corrected chi connectivity index (χ0v) is 15.4. The minimum absolute atomic E-state index is 0.00855. The number of hydrogen-bond acceptors (Lipinski definition) is 5. The van der Waals surface area contributed by atoms with E-state index in [1.807, 2.05) is 0 Å². The average molecular weight is 414 g/mol. The zero-order chi connectivity index (χ0) is 20.8. The van der Waals surface area contributed by atoms with Crippen molar-refractivity contribution in [2.24, 2.45) is 5.14 Å². The van der Waals surface area contributed by atoms with Crippen molar-refractivity contribution in [3.05, 3.63) is 82.8 Å². The third kappa shape index (κ3) is 3.53. The summed E-state index contributed by atoms with van der Waals surface area (Å²) in [6.45, 7) is 0. The number of aromatic nitrogens is 1. The summed E-state index contributed by atoms with van der Waals surface area (Å²) < 4.78 is 55.8. The van der Waals surface area contributed by atoms with E-state index < -0.39 is 27.2 Å². The summed E-state index contributed by atoms with van der Waals surface area (Å²) in [5, 5.41) is 5.12. The fourth-order valence-corrected chi connectivity index (χ4v) is 3.47. The van der Waals surface area contributed by atoms with Gasteiger partial charge in [0.1, 0.15) is 17.2 Å². The van der Waals surface area contributed by atoms with Crippen LogP contribution < -0.4 is 10.6 Å². The molecule has 29 heavy (non-hydrogen) atoms. The lowest BCUT2D eigenvalue weighted by Gasteiger charge is -2.11. The predicted octanol–water partition coefficient (Wildman–Crippen LogP) is 3.45. The highest BCUT2D eigenvalue weighted by Crippen LogP contribution is 2.33. The van der Waals surface area contributed by atoms with Gasteiger partial charge >= 0.3 is 0 Å². The molecule has 6 nitrogen and oxygen atoms in total. The van der Waals surface area contributed by atoms with Gasteiger partial charge in [-0.2, -0.15) is 4.39 Å². The normalized spacial score (nSPS) is 11.7. The lowest BCUT2D eigenvalue weighted by atomic mass is 9.99. The molecule has 2 N–H and O–H groups in total. The summed E-state index contributed by atoms with van der Waals surface area (Å²) in [4.78, 5) is 16.6. The van der Waals surface area contributed by atoms with E-state index in [0.717, 1.165) is 24.4 Å². The van der Waals surface area contributed by atoms with Crippen molar-refractivity contribution in [3.8, 4) is 22.5 Å². The molecule has 2 heterocycles. The summed E-state index contributed by atoms with van der Waals surface area (Å²) in [6.07, 6.45) is 1.16. The number of fused-ring (bicyclic) bond motifs is 1. The van der Waals surface area contributed by atoms with Crippen LogP contribution in [0.15, 0.2) is 74.9 Å². The molecule has 9 heteroatoms. The van der Waals surface area contributed by atoms with Gasteiger partial charge in [-0.1, -0.05) is 0 Å². The number of benzene rings is 2. The second kappa shape index (κ2) is 6.87.